The Labute approximate surface area is 161 Å². The lowest BCUT2D eigenvalue weighted by Gasteiger charge is -2.31. The highest BCUT2D eigenvalue weighted by atomic mass is 32.2. The van der Waals surface area contributed by atoms with E-state index in [1.165, 1.54) is 0 Å². The van der Waals surface area contributed by atoms with Gasteiger partial charge in [-0.25, -0.2) is 8.42 Å². The van der Waals surface area contributed by atoms with Gasteiger partial charge < -0.3 is 4.90 Å². The van der Waals surface area contributed by atoms with E-state index in [-0.39, 0.29) is 11.7 Å². The molecule has 2 aromatic rings. The van der Waals surface area contributed by atoms with Crippen molar-refractivity contribution in [1.82, 2.24) is 0 Å². The molecular weight excluding hydrogens is 360 g/mol. The largest absolute Gasteiger partial charge is 0.312 e. The Bertz CT molecular complexity index is 952. The van der Waals surface area contributed by atoms with Crippen LogP contribution in [0.3, 0.4) is 0 Å². The number of carbonyl (C=O) groups is 1. The molecule has 0 aliphatic carbocycles. The Kier molecular flexibility index (Phi) is 5.56. The number of hydrogen-bond donors (Lipinski definition) is 1. The highest BCUT2D eigenvalue weighted by Crippen LogP contribution is 2.31. The monoisotopic (exact) mass is 386 g/mol. The van der Waals surface area contributed by atoms with Crippen LogP contribution in [0.15, 0.2) is 42.5 Å². The van der Waals surface area contributed by atoms with Crippen LogP contribution in [0.25, 0.3) is 0 Å². The summed E-state index contributed by atoms with van der Waals surface area (Å²) in [5, 5.41) is 0. The molecule has 0 radical (unpaired) electrons. The topological polar surface area (TPSA) is 66.5 Å². The van der Waals surface area contributed by atoms with Crippen LogP contribution in [0, 0.1) is 12.8 Å². The number of aryl methyl sites for hydroxylation is 2. The average molecular weight is 387 g/mol. The van der Waals surface area contributed by atoms with Crippen molar-refractivity contribution in [3.05, 3.63) is 59.2 Å². The van der Waals surface area contributed by atoms with Gasteiger partial charge in [0.2, 0.25) is 15.9 Å². The van der Waals surface area contributed by atoms with E-state index in [2.05, 4.69) is 18.6 Å². The van der Waals surface area contributed by atoms with E-state index >= 15 is 0 Å². The van der Waals surface area contributed by atoms with E-state index in [0.717, 1.165) is 22.4 Å². The Hall–Kier alpha value is -2.34. The Morgan fingerprint density at radius 3 is 2.56 bits per heavy atom. The molecule has 1 aliphatic rings. The van der Waals surface area contributed by atoms with Crippen molar-refractivity contribution in [3.8, 4) is 0 Å². The minimum absolute atomic E-state index is 0.0608. The van der Waals surface area contributed by atoms with Gasteiger partial charge in [0.1, 0.15) is 0 Å². The Morgan fingerprint density at radius 1 is 1.11 bits per heavy atom. The van der Waals surface area contributed by atoms with E-state index in [1.54, 1.807) is 6.07 Å². The van der Waals surface area contributed by atoms with Crippen molar-refractivity contribution in [2.24, 2.45) is 5.92 Å². The van der Waals surface area contributed by atoms with Crippen molar-refractivity contribution in [1.29, 1.82) is 0 Å². The summed E-state index contributed by atoms with van der Waals surface area (Å²) in [4.78, 5) is 14.1. The zero-order chi connectivity index (χ0) is 19.6. The second-order valence-electron chi connectivity index (χ2n) is 7.53. The summed E-state index contributed by atoms with van der Waals surface area (Å²) in [7, 11) is -3.51. The maximum absolute atomic E-state index is 12.6. The third-order valence-corrected chi connectivity index (χ3v) is 5.95. The van der Waals surface area contributed by atoms with E-state index in [4.69, 9.17) is 0 Å². The van der Waals surface area contributed by atoms with E-state index in [1.807, 2.05) is 48.2 Å². The van der Waals surface area contributed by atoms with Gasteiger partial charge in [-0.05, 0) is 54.2 Å². The molecule has 1 aliphatic heterocycles. The van der Waals surface area contributed by atoms with Crippen LogP contribution in [0.5, 0.6) is 0 Å². The predicted octanol–water partition coefficient (Wildman–Crippen LogP) is 3.87. The fraction of sp³-hybridized carbons (Fsp3) is 0.381. The number of benzene rings is 2. The molecule has 27 heavy (non-hydrogen) atoms. The SMILES string of the molecule is Cc1ccccc1CS(=O)(=O)Nc1ccc2c(c1)CCC(=O)N2CC(C)C. The number of sulfonamides is 1. The summed E-state index contributed by atoms with van der Waals surface area (Å²) in [6, 6.07) is 12.9. The van der Waals surface area contributed by atoms with E-state index in [0.29, 0.717) is 31.0 Å². The summed E-state index contributed by atoms with van der Waals surface area (Å²) in [5.41, 5.74) is 4.18. The first-order valence-electron chi connectivity index (χ1n) is 9.23. The second-order valence-corrected chi connectivity index (χ2v) is 9.25. The lowest BCUT2D eigenvalue weighted by molar-refractivity contribution is -0.119. The number of hydrogen-bond acceptors (Lipinski definition) is 3. The first kappa shape index (κ1) is 19.4. The van der Waals surface area contributed by atoms with E-state index < -0.39 is 10.0 Å². The van der Waals surface area contributed by atoms with Gasteiger partial charge in [-0.1, -0.05) is 38.1 Å². The fourth-order valence-electron chi connectivity index (χ4n) is 3.38. The summed E-state index contributed by atoms with van der Waals surface area (Å²) < 4.78 is 27.8. The summed E-state index contributed by atoms with van der Waals surface area (Å²) in [5.74, 6) is 0.436. The lowest BCUT2D eigenvalue weighted by atomic mass is 9.99. The van der Waals surface area contributed by atoms with Gasteiger partial charge in [0.15, 0.2) is 0 Å². The van der Waals surface area contributed by atoms with Gasteiger partial charge in [-0.2, -0.15) is 0 Å². The molecule has 0 fully saturated rings. The molecule has 0 aromatic heterocycles. The number of fused-ring (bicyclic) bond motifs is 1. The number of carbonyl (C=O) groups excluding carboxylic acids is 1. The van der Waals surface area contributed by atoms with Gasteiger partial charge in [-0.15, -0.1) is 0 Å². The molecule has 144 valence electrons. The Morgan fingerprint density at radius 2 is 1.85 bits per heavy atom. The minimum atomic E-state index is -3.51. The van der Waals surface area contributed by atoms with Gasteiger partial charge in [0.25, 0.3) is 0 Å². The number of rotatable bonds is 6. The van der Waals surface area contributed by atoms with Crippen LogP contribution in [0.4, 0.5) is 11.4 Å². The molecule has 1 N–H and O–H groups in total. The van der Waals surface area contributed by atoms with Crippen molar-refractivity contribution in [2.75, 3.05) is 16.2 Å². The van der Waals surface area contributed by atoms with E-state index in [9.17, 15) is 13.2 Å². The lowest BCUT2D eigenvalue weighted by Crippen LogP contribution is -2.37. The third kappa shape index (κ3) is 4.69. The van der Waals surface area contributed by atoms with Gasteiger partial charge in [0, 0.05) is 24.3 Å². The normalized spacial score (nSPS) is 14.4. The van der Waals surface area contributed by atoms with Crippen LogP contribution in [0.2, 0.25) is 0 Å². The maximum Gasteiger partial charge on any atom is 0.236 e. The molecule has 3 rings (SSSR count). The molecule has 1 heterocycles. The van der Waals surface area contributed by atoms with Crippen LogP contribution >= 0.6 is 0 Å². The summed E-state index contributed by atoms with van der Waals surface area (Å²) in [6.45, 7) is 6.74. The highest BCUT2D eigenvalue weighted by Gasteiger charge is 2.25. The zero-order valence-electron chi connectivity index (χ0n) is 16.0. The molecule has 0 bridgehead atoms. The highest BCUT2D eigenvalue weighted by molar-refractivity contribution is 7.91. The van der Waals surface area contributed by atoms with Crippen LogP contribution in [-0.2, 0) is 27.0 Å². The van der Waals surface area contributed by atoms with Crippen molar-refractivity contribution in [2.45, 2.75) is 39.4 Å². The molecule has 6 heteroatoms. The quantitative estimate of drug-likeness (QED) is 0.819. The maximum atomic E-state index is 12.6. The second kappa shape index (κ2) is 7.72. The molecule has 5 nitrogen and oxygen atoms in total. The molecule has 0 saturated heterocycles. The predicted molar refractivity (Wildman–Crippen MR) is 109 cm³/mol. The van der Waals surface area contributed by atoms with Crippen molar-refractivity contribution >= 4 is 27.3 Å². The number of nitrogens with zero attached hydrogens (tertiary/aromatic N) is 1. The number of amides is 1. The fourth-order valence-corrected chi connectivity index (χ4v) is 4.67. The van der Waals surface area contributed by atoms with Crippen LogP contribution in [0.1, 0.15) is 37.0 Å². The van der Waals surface area contributed by atoms with Gasteiger partial charge >= 0.3 is 0 Å². The van der Waals surface area contributed by atoms with Crippen LogP contribution < -0.4 is 9.62 Å². The standard InChI is InChI=1S/C21H26N2O3S/c1-15(2)13-23-20-10-9-19(12-17(20)8-11-21(23)24)22-27(25,26)14-18-7-5-4-6-16(18)3/h4-7,9-10,12,15,22H,8,11,13-14H2,1-3H3. The molecular formula is C21H26N2O3S. The minimum Gasteiger partial charge on any atom is -0.312 e. The molecule has 0 unspecified atom stereocenters. The summed E-state index contributed by atoms with van der Waals surface area (Å²) >= 11 is 0. The van der Waals surface area contributed by atoms with Gasteiger partial charge in [-0.3, -0.25) is 9.52 Å². The summed E-state index contributed by atoms with van der Waals surface area (Å²) in [6.07, 6.45) is 1.09. The molecule has 0 spiro atoms. The smallest absolute Gasteiger partial charge is 0.236 e. The molecule has 0 atom stereocenters. The Balaban J connectivity index is 1.81. The third-order valence-electron chi connectivity index (χ3n) is 4.71. The average Bonchev–Trinajstić information content (AvgIpc) is 2.59. The number of nitrogens with one attached hydrogen (secondary N) is 1. The number of anilines is 2. The van der Waals surface area contributed by atoms with Crippen molar-refractivity contribution < 1.29 is 13.2 Å². The zero-order valence-corrected chi connectivity index (χ0v) is 16.8. The van der Waals surface area contributed by atoms with Gasteiger partial charge in [0.05, 0.1) is 5.75 Å². The first-order chi connectivity index (χ1) is 12.7. The molecule has 0 saturated carbocycles. The first-order valence-corrected chi connectivity index (χ1v) is 10.9. The van der Waals surface area contributed by atoms with Crippen LogP contribution in [-0.4, -0.2) is 20.9 Å². The van der Waals surface area contributed by atoms with Crippen molar-refractivity contribution in [3.63, 3.8) is 0 Å². The molecule has 2 aromatic carbocycles. The molecule has 1 amide bonds.